The minimum atomic E-state index is -4.96. The standard InChI is InChI=1S/C79H154O17P2/c1-9-72(8)58-50-42-34-26-20-16-13-14-18-22-28-36-45-53-61-78(83)95-74(65-89-76(81)59-51-43-35-27-21-17-12-10-11-15-19-24-31-39-47-55-69(2)3)67-93-97(85,86)91-63-73(80)64-92-98(87,88)94-68-75(66-90-77(82)60-52-44-38-30-33-41-49-57-71(6)7)96-79(84)62-54-46-37-29-23-25-32-40-48-56-70(4)5/h69-75,80H,9-68H2,1-8H3,(H,85,86)(H,87,88)/t72?,73?,74-,75-/m1/s1. The monoisotopic (exact) mass is 1440 g/mol. The van der Waals surface area contributed by atoms with Crippen LogP contribution in [0.5, 0.6) is 0 Å². The smallest absolute Gasteiger partial charge is 0.462 e. The fraction of sp³-hybridized carbons (Fsp3) is 0.949. The van der Waals surface area contributed by atoms with Gasteiger partial charge in [0.05, 0.1) is 26.4 Å². The van der Waals surface area contributed by atoms with E-state index in [2.05, 4.69) is 55.4 Å². The van der Waals surface area contributed by atoms with Gasteiger partial charge >= 0.3 is 39.5 Å². The predicted octanol–water partition coefficient (Wildman–Crippen LogP) is 23.2. The van der Waals surface area contributed by atoms with E-state index >= 15 is 0 Å². The Morgan fingerprint density at radius 2 is 0.490 bits per heavy atom. The number of aliphatic hydroxyl groups is 1. The van der Waals surface area contributed by atoms with Crippen molar-refractivity contribution in [1.29, 1.82) is 0 Å². The molecule has 0 aliphatic carbocycles. The van der Waals surface area contributed by atoms with E-state index in [-0.39, 0.29) is 25.7 Å². The van der Waals surface area contributed by atoms with Crippen molar-refractivity contribution in [3.05, 3.63) is 0 Å². The summed E-state index contributed by atoms with van der Waals surface area (Å²) in [5.74, 6) is 0.976. The van der Waals surface area contributed by atoms with Crippen molar-refractivity contribution in [2.75, 3.05) is 39.6 Å². The SMILES string of the molecule is CCC(C)CCCCCCCCCCCCCCCCC(=O)O[C@H](COC(=O)CCCCCCCCCCCCCCCCCC(C)C)COP(=O)(O)OCC(O)COP(=O)(O)OC[C@@H](COC(=O)CCCCCCCCCC(C)C)OC(=O)CCCCCCCCCCCC(C)C. The molecule has 4 unspecified atom stereocenters. The van der Waals surface area contributed by atoms with Crippen LogP contribution in [-0.4, -0.2) is 96.7 Å². The van der Waals surface area contributed by atoms with Gasteiger partial charge in [0.1, 0.15) is 19.3 Å². The number of esters is 4. The lowest BCUT2D eigenvalue weighted by molar-refractivity contribution is -0.161. The van der Waals surface area contributed by atoms with Crippen molar-refractivity contribution in [2.45, 2.75) is 420 Å². The van der Waals surface area contributed by atoms with E-state index < -0.39 is 97.5 Å². The minimum Gasteiger partial charge on any atom is -0.462 e. The Bertz CT molecular complexity index is 1920. The first-order valence-electron chi connectivity index (χ1n) is 40.7. The molecule has 98 heavy (non-hydrogen) atoms. The van der Waals surface area contributed by atoms with E-state index in [1.54, 1.807) is 0 Å². The number of ether oxygens (including phenoxy) is 4. The molecular formula is C79H154O17P2. The van der Waals surface area contributed by atoms with Crippen LogP contribution < -0.4 is 0 Å². The third-order valence-corrected chi connectivity index (χ3v) is 20.6. The molecule has 0 aliphatic heterocycles. The summed E-state index contributed by atoms with van der Waals surface area (Å²) in [5, 5.41) is 10.6. The molecule has 0 amide bonds. The Balaban J connectivity index is 5.24. The zero-order valence-electron chi connectivity index (χ0n) is 64.4. The second kappa shape index (κ2) is 68.2. The molecule has 19 heteroatoms. The lowest BCUT2D eigenvalue weighted by Crippen LogP contribution is -2.30. The summed E-state index contributed by atoms with van der Waals surface area (Å²) >= 11 is 0. The summed E-state index contributed by atoms with van der Waals surface area (Å²) in [7, 11) is -9.92. The van der Waals surface area contributed by atoms with Crippen LogP contribution in [0.25, 0.3) is 0 Å². The van der Waals surface area contributed by atoms with Gasteiger partial charge in [-0.15, -0.1) is 0 Å². The Morgan fingerprint density at radius 1 is 0.286 bits per heavy atom. The van der Waals surface area contributed by atoms with Gasteiger partial charge < -0.3 is 33.8 Å². The van der Waals surface area contributed by atoms with E-state index in [0.717, 1.165) is 114 Å². The number of unbranched alkanes of at least 4 members (excludes halogenated alkanes) is 41. The summed E-state index contributed by atoms with van der Waals surface area (Å²) in [6.07, 6.45) is 54.2. The summed E-state index contributed by atoms with van der Waals surface area (Å²) < 4.78 is 68.6. The highest BCUT2D eigenvalue weighted by molar-refractivity contribution is 7.47. The maximum atomic E-state index is 13.1. The largest absolute Gasteiger partial charge is 0.472 e. The predicted molar refractivity (Wildman–Crippen MR) is 400 cm³/mol. The van der Waals surface area contributed by atoms with Crippen LogP contribution in [0.4, 0.5) is 0 Å². The molecule has 0 aromatic rings. The number of carbonyl (C=O) groups is 4. The molecule has 17 nitrogen and oxygen atoms in total. The van der Waals surface area contributed by atoms with Crippen molar-refractivity contribution in [3.8, 4) is 0 Å². The fourth-order valence-electron chi connectivity index (χ4n) is 12.0. The molecule has 0 saturated heterocycles. The van der Waals surface area contributed by atoms with Crippen molar-refractivity contribution < 1.29 is 80.2 Å². The first-order chi connectivity index (χ1) is 47.1. The number of phosphoric ester groups is 2. The van der Waals surface area contributed by atoms with Gasteiger partial charge in [-0.1, -0.05) is 351 Å². The molecule has 0 spiro atoms. The molecule has 0 saturated carbocycles. The van der Waals surface area contributed by atoms with E-state index in [1.807, 2.05) is 0 Å². The molecule has 0 radical (unpaired) electrons. The second-order valence-corrected chi connectivity index (χ2v) is 33.0. The Morgan fingerprint density at radius 3 is 0.724 bits per heavy atom. The lowest BCUT2D eigenvalue weighted by Gasteiger charge is -2.21. The van der Waals surface area contributed by atoms with Crippen LogP contribution in [0, 0.1) is 23.7 Å². The van der Waals surface area contributed by atoms with Gasteiger partial charge in [-0.3, -0.25) is 37.3 Å². The number of aliphatic hydroxyl groups excluding tert-OH is 1. The second-order valence-electron chi connectivity index (χ2n) is 30.1. The maximum absolute atomic E-state index is 13.1. The van der Waals surface area contributed by atoms with E-state index in [4.69, 9.17) is 37.0 Å². The maximum Gasteiger partial charge on any atom is 0.472 e. The quantitative estimate of drug-likeness (QED) is 0.0222. The molecule has 0 aromatic heterocycles. The molecule has 0 heterocycles. The highest BCUT2D eigenvalue weighted by Gasteiger charge is 2.30. The number of hydrogen-bond acceptors (Lipinski definition) is 15. The number of rotatable bonds is 76. The van der Waals surface area contributed by atoms with Crippen molar-refractivity contribution in [1.82, 2.24) is 0 Å². The third-order valence-electron chi connectivity index (χ3n) is 18.7. The van der Waals surface area contributed by atoms with E-state index in [0.29, 0.717) is 31.6 Å². The zero-order chi connectivity index (χ0) is 72.4. The van der Waals surface area contributed by atoms with Gasteiger partial charge in [-0.25, -0.2) is 9.13 Å². The Kier molecular flexibility index (Phi) is 66.8. The normalized spacial score (nSPS) is 14.3. The van der Waals surface area contributed by atoms with Gasteiger partial charge in [-0.05, 0) is 49.4 Å². The summed E-state index contributed by atoms with van der Waals surface area (Å²) in [6.45, 7) is 14.2. The highest BCUT2D eigenvalue weighted by atomic mass is 31.2. The molecule has 0 fully saturated rings. The van der Waals surface area contributed by atoms with Crippen LogP contribution in [0.1, 0.15) is 402 Å². The van der Waals surface area contributed by atoms with Gasteiger partial charge in [0.2, 0.25) is 0 Å². The van der Waals surface area contributed by atoms with Crippen LogP contribution in [0.3, 0.4) is 0 Å². The van der Waals surface area contributed by atoms with Gasteiger partial charge in [0.15, 0.2) is 12.2 Å². The van der Waals surface area contributed by atoms with Crippen molar-refractivity contribution >= 4 is 39.5 Å². The molecule has 0 aliphatic rings. The molecule has 0 aromatic carbocycles. The van der Waals surface area contributed by atoms with E-state index in [1.165, 1.54) is 199 Å². The molecule has 0 rings (SSSR count). The first-order valence-corrected chi connectivity index (χ1v) is 43.7. The summed E-state index contributed by atoms with van der Waals surface area (Å²) in [6, 6.07) is 0. The summed E-state index contributed by atoms with van der Waals surface area (Å²) in [4.78, 5) is 72.9. The molecule has 3 N–H and O–H groups in total. The van der Waals surface area contributed by atoms with Gasteiger partial charge in [0.25, 0.3) is 0 Å². The average molecular weight is 1440 g/mol. The average Bonchev–Trinajstić information content (AvgIpc) is 1.01. The van der Waals surface area contributed by atoms with Crippen molar-refractivity contribution in [2.24, 2.45) is 23.7 Å². The number of hydrogen-bond donors (Lipinski definition) is 3. The van der Waals surface area contributed by atoms with Crippen LogP contribution in [-0.2, 0) is 65.4 Å². The Labute approximate surface area is 600 Å². The summed E-state index contributed by atoms with van der Waals surface area (Å²) in [5.41, 5.74) is 0. The molecule has 6 atom stereocenters. The van der Waals surface area contributed by atoms with Gasteiger partial charge in [-0.2, -0.15) is 0 Å². The molecular weight excluding hydrogens is 1280 g/mol. The van der Waals surface area contributed by atoms with Crippen LogP contribution >= 0.6 is 15.6 Å². The molecule has 0 bridgehead atoms. The first kappa shape index (κ1) is 96.1. The fourth-order valence-corrected chi connectivity index (χ4v) is 13.6. The van der Waals surface area contributed by atoms with Gasteiger partial charge in [0, 0.05) is 25.7 Å². The topological polar surface area (TPSA) is 237 Å². The molecule has 582 valence electrons. The van der Waals surface area contributed by atoms with Crippen LogP contribution in [0.15, 0.2) is 0 Å². The third kappa shape index (κ3) is 71.1. The zero-order valence-corrected chi connectivity index (χ0v) is 66.2. The number of carbonyl (C=O) groups excluding carboxylic acids is 4. The van der Waals surface area contributed by atoms with Crippen molar-refractivity contribution in [3.63, 3.8) is 0 Å². The number of phosphoric acid groups is 2. The minimum absolute atomic E-state index is 0.104. The highest BCUT2D eigenvalue weighted by Crippen LogP contribution is 2.45. The van der Waals surface area contributed by atoms with Crippen LogP contribution in [0.2, 0.25) is 0 Å². The lowest BCUT2D eigenvalue weighted by atomic mass is 9.99. The Hall–Kier alpha value is -1.94. The van der Waals surface area contributed by atoms with E-state index in [9.17, 15) is 43.2 Å².